The standard InChI is InChI=1S/C13H15N3OS2/c17-13(14-6-10-7-18-3-4-19-10)9-1-2-11-12(5-9)16-8-15-11/h1-2,5,8,10H,3-4,6-7H2,(H,14,17)(H,15,16). The van der Waals surface area contributed by atoms with Crippen LogP contribution in [0.2, 0.25) is 0 Å². The molecule has 0 spiro atoms. The lowest BCUT2D eigenvalue weighted by Crippen LogP contribution is -2.33. The van der Waals surface area contributed by atoms with E-state index in [1.165, 1.54) is 11.5 Å². The SMILES string of the molecule is O=C(NCC1CSCCS1)c1ccc2nc[nH]c2c1. The average molecular weight is 293 g/mol. The molecule has 3 rings (SSSR count). The van der Waals surface area contributed by atoms with Crippen molar-refractivity contribution >= 4 is 40.5 Å². The fourth-order valence-electron chi connectivity index (χ4n) is 2.04. The van der Waals surface area contributed by atoms with E-state index in [1.54, 1.807) is 6.33 Å². The van der Waals surface area contributed by atoms with Crippen molar-refractivity contribution in [3.05, 3.63) is 30.1 Å². The number of hydrogen-bond donors (Lipinski definition) is 2. The first-order valence-electron chi connectivity index (χ1n) is 6.23. The Bertz CT molecular complexity index is 578. The predicted octanol–water partition coefficient (Wildman–Crippen LogP) is 2.14. The van der Waals surface area contributed by atoms with Crippen LogP contribution in [0, 0.1) is 0 Å². The second-order valence-corrected chi connectivity index (χ2v) is 6.97. The van der Waals surface area contributed by atoms with E-state index in [-0.39, 0.29) is 5.91 Å². The molecule has 1 fully saturated rings. The highest BCUT2D eigenvalue weighted by Gasteiger charge is 2.15. The molecule has 1 amide bonds. The minimum atomic E-state index is -0.00678. The third kappa shape index (κ3) is 3.06. The van der Waals surface area contributed by atoms with Crippen LogP contribution in [0.15, 0.2) is 24.5 Å². The number of H-pyrrole nitrogens is 1. The first-order chi connectivity index (χ1) is 9.33. The van der Waals surface area contributed by atoms with Gasteiger partial charge in [0.1, 0.15) is 0 Å². The van der Waals surface area contributed by atoms with Crippen molar-refractivity contribution in [2.24, 2.45) is 0 Å². The molecule has 1 aliphatic heterocycles. The second kappa shape index (κ2) is 5.88. The Hall–Kier alpha value is -1.14. The molecule has 2 heterocycles. The number of thioether (sulfide) groups is 2. The summed E-state index contributed by atoms with van der Waals surface area (Å²) < 4.78 is 0. The highest BCUT2D eigenvalue weighted by atomic mass is 32.2. The number of hydrogen-bond acceptors (Lipinski definition) is 4. The van der Waals surface area contributed by atoms with Gasteiger partial charge in [0.15, 0.2) is 0 Å². The molecule has 100 valence electrons. The molecule has 1 saturated heterocycles. The third-order valence-corrected chi connectivity index (χ3v) is 5.90. The van der Waals surface area contributed by atoms with Gasteiger partial charge in [-0.2, -0.15) is 23.5 Å². The van der Waals surface area contributed by atoms with E-state index in [9.17, 15) is 4.79 Å². The summed E-state index contributed by atoms with van der Waals surface area (Å²) in [6.07, 6.45) is 1.64. The molecule has 1 aromatic carbocycles. The van der Waals surface area contributed by atoms with Crippen LogP contribution in [0.5, 0.6) is 0 Å². The van der Waals surface area contributed by atoms with Gasteiger partial charge in [0.2, 0.25) is 0 Å². The van der Waals surface area contributed by atoms with Gasteiger partial charge >= 0.3 is 0 Å². The molecule has 0 saturated carbocycles. The summed E-state index contributed by atoms with van der Waals surface area (Å²) in [5.74, 6) is 3.54. The summed E-state index contributed by atoms with van der Waals surface area (Å²) in [6, 6.07) is 5.54. The summed E-state index contributed by atoms with van der Waals surface area (Å²) in [5, 5.41) is 3.56. The number of rotatable bonds is 3. The van der Waals surface area contributed by atoms with Crippen molar-refractivity contribution in [1.29, 1.82) is 0 Å². The second-order valence-electron chi connectivity index (χ2n) is 4.41. The molecule has 1 unspecified atom stereocenters. The van der Waals surface area contributed by atoms with Crippen LogP contribution in [-0.2, 0) is 0 Å². The van der Waals surface area contributed by atoms with Crippen LogP contribution in [0.4, 0.5) is 0 Å². The maximum Gasteiger partial charge on any atom is 0.251 e. The van der Waals surface area contributed by atoms with Crippen LogP contribution in [0.25, 0.3) is 11.0 Å². The van der Waals surface area contributed by atoms with Crippen LogP contribution < -0.4 is 5.32 Å². The zero-order valence-electron chi connectivity index (χ0n) is 10.4. The molecular weight excluding hydrogens is 278 g/mol. The summed E-state index contributed by atoms with van der Waals surface area (Å²) in [6.45, 7) is 0.748. The minimum Gasteiger partial charge on any atom is -0.351 e. The molecule has 1 aliphatic rings. The van der Waals surface area contributed by atoms with Gasteiger partial charge in [-0.25, -0.2) is 4.98 Å². The Morgan fingerprint density at radius 3 is 3.26 bits per heavy atom. The number of carbonyl (C=O) groups excluding carboxylic acids is 1. The molecular formula is C13H15N3OS2. The number of imidazole rings is 1. The van der Waals surface area contributed by atoms with Gasteiger partial charge < -0.3 is 10.3 Å². The van der Waals surface area contributed by atoms with Crippen molar-refractivity contribution in [1.82, 2.24) is 15.3 Å². The smallest absolute Gasteiger partial charge is 0.251 e. The fraction of sp³-hybridized carbons (Fsp3) is 0.385. The lowest BCUT2D eigenvalue weighted by molar-refractivity contribution is 0.0954. The molecule has 1 aromatic heterocycles. The molecule has 1 atom stereocenters. The number of nitrogens with zero attached hydrogens (tertiary/aromatic N) is 1. The van der Waals surface area contributed by atoms with Crippen molar-refractivity contribution in [3.63, 3.8) is 0 Å². The predicted molar refractivity (Wildman–Crippen MR) is 82.0 cm³/mol. The first kappa shape index (κ1) is 12.9. The summed E-state index contributed by atoms with van der Waals surface area (Å²) in [7, 11) is 0. The molecule has 0 aliphatic carbocycles. The highest BCUT2D eigenvalue weighted by molar-refractivity contribution is 8.06. The molecule has 0 radical (unpaired) electrons. The van der Waals surface area contributed by atoms with Gasteiger partial charge in [0, 0.05) is 34.6 Å². The Labute approximate surface area is 120 Å². The molecule has 19 heavy (non-hydrogen) atoms. The molecule has 2 aromatic rings. The number of fused-ring (bicyclic) bond motifs is 1. The number of carbonyl (C=O) groups is 1. The van der Waals surface area contributed by atoms with Gasteiger partial charge in [-0.3, -0.25) is 4.79 Å². The zero-order chi connectivity index (χ0) is 13.1. The van der Waals surface area contributed by atoms with Crippen molar-refractivity contribution in [3.8, 4) is 0 Å². The summed E-state index contributed by atoms with van der Waals surface area (Å²) in [4.78, 5) is 19.3. The lowest BCUT2D eigenvalue weighted by atomic mass is 10.2. The van der Waals surface area contributed by atoms with Crippen LogP contribution in [0.1, 0.15) is 10.4 Å². The highest BCUT2D eigenvalue weighted by Crippen LogP contribution is 2.23. The average Bonchev–Trinajstić information content (AvgIpc) is 2.93. The van der Waals surface area contributed by atoms with E-state index in [2.05, 4.69) is 15.3 Å². The first-order valence-corrected chi connectivity index (χ1v) is 8.44. The topological polar surface area (TPSA) is 57.8 Å². The van der Waals surface area contributed by atoms with Gasteiger partial charge in [0.25, 0.3) is 5.91 Å². The maximum atomic E-state index is 12.1. The number of benzene rings is 1. The van der Waals surface area contributed by atoms with Crippen molar-refractivity contribution < 1.29 is 4.79 Å². The third-order valence-electron chi connectivity index (χ3n) is 3.06. The van der Waals surface area contributed by atoms with Crippen molar-refractivity contribution in [2.75, 3.05) is 23.8 Å². The van der Waals surface area contributed by atoms with E-state index in [0.717, 1.165) is 23.3 Å². The summed E-state index contributed by atoms with van der Waals surface area (Å²) >= 11 is 3.92. The largest absolute Gasteiger partial charge is 0.351 e. The summed E-state index contributed by atoms with van der Waals surface area (Å²) in [5.41, 5.74) is 2.47. The van der Waals surface area contributed by atoms with Gasteiger partial charge in [-0.15, -0.1) is 0 Å². The number of aromatic nitrogens is 2. The quantitative estimate of drug-likeness (QED) is 0.910. The maximum absolute atomic E-state index is 12.1. The Kier molecular flexibility index (Phi) is 3.98. The Balaban J connectivity index is 1.62. The molecule has 6 heteroatoms. The zero-order valence-corrected chi connectivity index (χ0v) is 12.0. The van der Waals surface area contributed by atoms with Crippen LogP contribution in [-0.4, -0.2) is 44.9 Å². The molecule has 4 nitrogen and oxygen atoms in total. The number of nitrogens with one attached hydrogen (secondary N) is 2. The number of aromatic amines is 1. The fourth-order valence-corrected chi connectivity index (χ4v) is 4.65. The van der Waals surface area contributed by atoms with Crippen LogP contribution in [0.3, 0.4) is 0 Å². The lowest BCUT2D eigenvalue weighted by Gasteiger charge is -2.21. The van der Waals surface area contributed by atoms with E-state index >= 15 is 0 Å². The van der Waals surface area contributed by atoms with Crippen LogP contribution >= 0.6 is 23.5 Å². The van der Waals surface area contributed by atoms with E-state index in [1.807, 2.05) is 41.7 Å². The van der Waals surface area contributed by atoms with E-state index in [4.69, 9.17) is 0 Å². The number of amides is 1. The van der Waals surface area contributed by atoms with Gasteiger partial charge in [-0.1, -0.05) is 0 Å². The van der Waals surface area contributed by atoms with Gasteiger partial charge in [0.05, 0.1) is 17.4 Å². The minimum absolute atomic E-state index is 0.00678. The molecule has 2 N–H and O–H groups in total. The monoisotopic (exact) mass is 293 g/mol. The molecule has 0 bridgehead atoms. The Morgan fingerprint density at radius 2 is 2.42 bits per heavy atom. The Morgan fingerprint density at radius 1 is 1.47 bits per heavy atom. The van der Waals surface area contributed by atoms with Crippen molar-refractivity contribution in [2.45, 2.75) is 5.25 Å². The van der Waals surface area contributed by atoms with Gasteiger partial charge in [-0.05, 0) is 18.2 Å². The normalized spacial score (nSPS) is 19.5. The van der Waals surface area contributed by atoms with E-state index in [0.29, 0.717) is 10.8 Å². The van der Waals surface area contributed by atoms with E-state index < -0.39 is 0 Å².